The summed E-state index contributed by atoms with van der Waals surface area (Å²) in [5.41, 5.74) is 1.22. The topological polar surface area (TPSA) is 93.1 Å². The van der Waals surface area contributed by atoms with Crippen molar-refractivity contribution in [2.24, 2.45) is 0 Å². The van der Waals surface area contributed by atoms with E-state index in [9.17, 15) is 19.8 Å². The Bertz CT molecular complexity index is 840. The molecule has 0 radical (unpaired) electrons. The number of carbonyl (C=O) groups excluding carboxylic acids is 2. The van der Waals surface area contributed by atoms with Crippen molar-refractivity contribution < 1.29 is 29.3 Å². The minimum absolute atomic E-state index is 0.00977. The van der Waals surface area contributed by atoms with Crippen molar-refractivity contribution in [3.05, 3.63) is 47.0 Å². The number of hydrogen-bond acceptors (Lipinski definition) is 6. The summed E-state index contributed by atoms with van der Waals surface area (Å²) in [5.74, 6) is -0.953. The Balaban J connectivity index is 2.19. The van der Waals surface area contributed by atoms with E-state index in [4.69, 9.17) is 9.47 Å². The maximum atomic E-state index is 11.9. The predicted molar refractivity (Wildman–Crippen MR) is 84.9 cm³/mol. The number of phenolic OH excluding ortho intramolecular Hbond substituents is 2. The third kappa shape index (κ3) is 2.56. The highest BCUT2D eigenvalue weighted by molar-refractivity contribution is 5.98. The monoisotopic (exact) mass is 328 g/mol. The van der Waals surface area contributed by atoms with Crippen molar-refractivity contribution in [3.8, 4) is 23.0 Å². The Morgan fingerprint density at radius 2 is 2.00 bits per heavy atom. The van der Waals surface area contributed by atoms with E-state index in [0.29, 0.717) is 11.1 Å². The molecular formula is C18H16O6. The highest BCUT2D eigenvalue weighted by Crippen LogP contribution is 2.46. The van der Waals surface area contributed by atoms with Gasteiger partial charge in [-0.3, -0.25) is 9.59 Å². The Morgan fingerprint density at radius 3 is 2.67 bits per heavy atom. The molecule has 124 valence electrons. The van der Waals surface area contributed by atoms with Crippen molar-refractivity contribution >= 4 is 11.8 Å². The number of carbonyl (C=O) groups is 2. The van der Waals surface area contributed by atoms with Crippen LogP contribution in [-0.4, -0.2) is 29.1 Å². The highest BCUT2D eigenvalue weighted by Gasteiger charge is 2.33. The molecule has 2 aromatic carbocycles. The van der Waals surface area contributed by atoms with Crippen molar-refractivity contribution in [1.29, 1.82) is 0 Å². The molecule has 0 amide bonds. The molecule has 0 aromatic heterocycles. The number of aromatic hydroxyl groups is 2. The molecule has 1 aliphatic heterocycles. The second-order valence-electron chi connectivity index (χ2n) is 5.59. The Hall–Kier alpha value is -3.02. The summed E-state index contributed by atoms with van der Waals surface area (Å²) in [6.45, 7) is 1.36. The molecule has 1 atom stereocenters. The third-order valence-corrected chi connectivity index (χ3v) is 4.11. The van der Waals surface area contributed by atoms with Crippen LogP contribution in [0.4, 0.5) is 0 Å². The average molecular weight is 328 g/mol. The number of phenols is 2. The largest absolute Gasteiger partial charge is 0.507 e. The van der Waals surface area contributed by atoms with Crippen LogP contribution in [0, 0.1) is 0 Å². The highest BCUT2D eigenvalue weighted by atomic mass is 16.5. The van der Waals surface area contributed by atoms with Crippen LogP contribution in [0.25, 0.3) is 0 Å². The van der Waals surface area contributed by atoms with Gasteiger partial charge in [0.05, 0.1) is 19.1 Å². The van der Waals surface area contributed by atoms with Gasteiger partial charge < -0.3 is 19.7 Å². The summed E-state index contributed by atoms with van der Waals surface area (Å²) < 4.78 is 10.3. The first-order valence-corrected chi connectivity index (χ1v) is 7.36. The summed E-state index contributed by atoms with van der Waals surface area (Å²) in [7, 11) is 1.42. The van der Waals surface area contributed by atoms with Crippen LogP contribution in [0.2, 0.25) is 0 Å². The van der Waals surface area contributed by atoms with Gasteiger partial charge in [-0.05, 0) is 36.8 Å². The fourth-order valence-electron chi connectivity index (χ4n) is 2.93. The van der Waals surface area contributed by atoms with Crippen molar-refractivity contribution in [3.63, 3.8) is 0 Å². The van der Waals surface area contributed by atoms with Gasteiger partial charge in [0.15, 0.2) is 17.3 Å². The van der Waals surface area contributed by atoms with Crippen LogP contribution >= 0.6 is 0 Å². The number of hydrogen-bond donors (Lipinski definition) is 2. The molecule has 0 fully saturated rings. The van der Waals surface area contributed by atoms with Gasteiger partial charge >= 0.3 is 5.97 Å². The van der Waals surface area contributed by atoms with E-state index >= 15 is 0 Å². The fourth-order valence-corrected chi connectivity index (χ4v) is 2.93. The normalized spacial score (nSPS) is 16.2. The van der Waals surface area contributed by atoms with E-state index in [2.05, 4.69) is 0 Å². The van der Waals surface area contributed by atoms with Crippen LogP contribution in [0.5, 0.6) is 23.0 Å². The van der Waals surface area contributed by atoms with Crippen molar-refractivity contribution in [1.82, 2.24) is 0 Å². The number of rotatable bonds is 3. The lowest BCUT2D eigenvalue weighted by atomic mass is 9.84. The second-order valence-corrected chi connectivity index (χ2v) is 5.59. The van der Waals surface area contributed by atoms with E-state index in [-0.39, 0.29) is 40.8 Å². The smallest absolute Gasteiger partial charge is 0.312 e. The first-order chi connectivity index (χ1) is 11.4. The van der Waals surface area contributed by atoms with Crippen LogP contribution in [0.15, 0.2) is 30.3 Å². The molecule has 0 aliphatic carbocycles. The molecular weight excluding hydrogens is 312 g/mol. The Kier molecular flexibility index (Phi) is 3.89. The van der Waals surface area contributed by atoms with E-state index in [1.807, 2.05) is 0 Å². The van der Waals surface area contributed by atoms with Crippen LogP contribution in [-0.2, 0) is 4.79 Å². The Labute approximate surface area is 138 Å². The zero-order valence-corrected chi connectivity index (χ0v) is 13.2. The van der Waals surface area contributed by atoms with Gasteiger partial charge in [0.1, 0.15) is 11.5 Å². The number of benzene rings is 2. The van der Waals surface area contributed by atoms with E-state index in [1.165, 1.54) is 32.2 Å². The van der Waals surface area contributed by atoms with Gasteiger partial charge in [-0.1, -0.05) is 6.07 Å². The van der Waals surface area contributed by atoms with Gasteiger partial charge in [-0.15, -0.1) is 0 Å². The molecule has 6 heteroatoms. The molecule has 0 spiro atoms. The third-order valence-electron chi connectivity index (χ3n) is 4.11. The predicted octanol–water partition coefficient (Wildman–Crippen LogP) is 2.75. The number of Topliss-reactive ketones (excluding diaryl/α,β-unsaturated/α-hetero) is 1. The molecule has 24 heavy (non-hydrogen) atoms. The minimum atomic E-state index is -0.505. The van der Waals surface area contributed by atoms with E-state index < -0.39 is 11.9 Å². The zero-order chi connectivity index (χ0) is 17.4. The number of fused-ring (bicyclic) bond motifs is 1. The first-order valence-electron chi connectivity index (χ1n) is 7.36. The van der Waals surface area contributed by atoms with Crippen molar-refractivity contribution in [2.45, 2.75) is 19.3 Å². The fraction of sp³-hybridized carbons (Fsp3) is 0.222. The summed E-state index contributed by atoms with van der Waals surface area (Å²) in [6, 6.07) is 7.64. The van der Waals surface area contributed by atoms with Gasteiger partial charge in [0, 0.05) is 11.5 Å². The first kappa shape index (κ1) is 15.9. The molecule has 3 rings (SSSR count). The average Bonchev–Trinajstić information content (AvgIpc) is 2.54. The maximum absolute atomic E-state index is 11.9. The Morgan fingerprint density at radius 1 is 1.25 bits per heavy atom. The molecule has 6 nitrogen and oxygen atoms in total. The van der Waals surface area contributed by atoms with Gasteiger partial charge in [-0.25, -0.2) is 0 Å². The molecule has 0 saturated heterocycles. The van der Waals surface area contributed by atoms with Gasteiger partial charge in [0.2, 0.25) is 0 Å². The summed E-state index contributed by atoms with van der Waals surface area (Å²) >= 11 is 0. The molecule has 2 N–H and O–H groups in total. The van der Waals surface area contributed by atoms with Crippen LogP contribution < -0.4 is 9.47 Å². The number of ether oxygens (including phenoxy) is 2. The molecule has 0 bridgehead atoms. The second kappa shape index (κ2) is 5.88. The van der Waals surface area contributed by atoms with Gasteiger partial charge in [0.25, 0.3) is 0 Å². The molecule has 0 saturated carbocycles. The molecule has 1 aliphatic rings. The summed E-state index contributed by atoms with van der Waals surface area (Å²) in [6.07, 6.45) is 0.00977. The summed E-state index contributed by atoms with van der Waals surface area (Å²) in [5, 5.41) is 20.3. The lowest BCUT2D eigenvalue weighted by molar-refractivity contribution is -0.135. The number of ketones is 1. The zero-order valence-electron chi connectivity index (χ0n) is 13.2. The van der Waals surface area contributed by atoms with Crippen LogP contribution in [0.3, 0.4) is 0 Å². The lowest BCUT2D eigenvalue weighted by Crippen LogP contribution is -2.21. The van der Waals surface area contributed by atoms with Crippen LogP contribution in [0.1, 0.15) is 40.7 Å². The molecule has 2 aromatic rings. The standard InChI is InChI=1S/C18H16O6/c1-9(19)11-4-6-14-17(18(11)22)12(8-16(21)24-14)10-3-5-13(20)15(7-10)23-2/h3-7,12,20,22H,8H2,1-2H3/t12-/m1/s1. The quantitative estimate of drug-likeness (QED) is 0.511. The van der Waals surface area contributed by atoms with E-state index in [0.717, 1.165) is 0 Å². The summed E-state index contributed by atoms with van der Waals surface area (Å²) in [4.78, 5) is 23.6. The van der Waals surface area contributed by atoms with Crippen molar-refractivity contribution in [2.75, 3.05) is 7.11 Å². The lowest BCUT2D eigenvalue weighted by Gasteiger charge is -2.26. The SMILES string of the molecule is COc1cc([C@H]2CC(=O)Oc3ccc(C(C)=O)c(O)c32)ccc1O. The number of esters is 1. The molecule has 0 unspecified atom stereocenters. The van der Waals surface area contributed by atoms with Gasteiger partial charge in [-0.2, -0.15) is 0 Å². The minimum Gasteiger partial charge on any atom is -0.507 e. The molecule has 1 heterocycles. The van der Waals surface area contributed by atoms with E-state index in [1.54, 1.807) is 12.1 Å². The maximum Gasteiger partial charge on any atom is 0.312 e. The number of methoxy groups -OCH3 is 1.